The third-order valence-electron chi connectivity index (χ3n) is 3.75. The SMILES string of the molecule is COC(=O)c1ccc(C(=O)N(NC(=O)c2ccc(Cl)cc2)C(C)(C)C)cc1. The summed E-state index contributed by atoms with van der Waals surface area (Å²) in [5.41, 5.74) is 3.01. The highest BCUT2D eigenvalue weighted by atomic mass is 35.5. The van der Waals surface area contributed by atoms with Gasteiger partial charge in [0, 0.05) is 16.1 Å². The molecule has 0 aliphatic rings. The summed E-state index contributed by atoms with van der Waals surface area (Å²) in [6.07, 6.45) is 0. The molecular formula is C20H21ClN2O4. The number of benzene rings is 2. The first-order valence-electron chi connectivity index (χ1n) is 8.23. The molecule has 2 aromatic carbocycles. The fourth-order valence-electron chi connectivity index (χ4n) is 2.29. The van der Waals surface area contributed by atoms with Crippen molar-refractivity contribution in [2.24, 2.45) is 0 Å². The van der Waals surface area contributed by atoms with Crippen LogP contribution in [0, 0.1) is 0 Å². The number of hydrogen-bond acceptors (Lipinski definition) is 4. The molecule has 0 saturated heterocycles. The fourth-order valence-corrected chi connectivity index (χ4v) is 2.41. The zero-order valence-electron chi connectivity index (χ0n) is 15.6. The Labute approximate surface area is 163 Å². The van der Waals surface area contributed by atoms with Gasteiger partial charge in [0.05, 0.1) is 18.2 Å². The number of halogens is 1. The Morgan fingerprint density at radius 2 is 1.37 bits per heavy atom. The number of hydrazine groups is 1. The molecule has 0 atom stereocenters. The molecule has 6 nitrogen and oxygen atoms in total. The molecule has 0 heterocycles. The van der Waals surface area contributed by atoms with Gasteiger partial charge in [0.25, 0.3) is 11.8 Å². The van der Waals surface area contributed by atoms with Crippen molar-refractivity contribution in [2.45, 2.75) is 26.3 Å². The van der Waals surface area contributed by atoms with Crippen LogP contribution in [0.5, 0.6) is 0 Å². The molecule has 0 saturated carbocycles. The van der Waals surface area contributed by atoms with Gasteiger partial charge in [-0.25, -0.2) is 9.80 Å². The van der Waals surface area contributed by atoms with E-state index in [1.54, 1.807) is 45.0 Å². The highest BCUT2D eigenvalue weighted by Gasteiger charge is 2.29. The van der Waals surface area contributed by atoms with Crippen LogP contribution >= 0.6 is 11.6 Å². The standard InChI is InChI=1S/C20H21ClN2O4/c1-20(2,3)23(22-17(24)13-9-11-16(21)12-10-13)18(25)14-5-7-15(8-6-14)19(26)27-4/h5-12H,1-4H3,(H,22,24). The van der Waals surface area contributed by atoms with E-state index in [-0.39, 0.29) is 0 Å². The molecule has 2 amide bonds. The highest BCUT2D eigenvalue weighted by Crippen LogP contribution is 2.17. The lowest BCUT2D eigenvalue weighted by Crippen LogP contribution is -2.55. The predicted octanol–water partition coefficient (Wildman–Crippen LogP) is 3.71. The van der Waals surface area contributed by atoms with Crippen molar-refractivity contribution in [3.63, 3.8) is 0 Å². The van der Waals surface area contributed by atoms with Crippen LogP contribution in [0.1, 0.15) is 51.8 Å². The molecule has 27 heavy (non-hydrogen) atoms. The summed E-state index contributed by atoms with van der Waals surface area (Å²) < 4.78 is 4.65. The molecule has 0 spiro atoms. The second-order valence-electron chi connectivity index (χ2n) is 6.83. The van der Waals surface area contributed by atoms with E-state index in [9.17, 15) is 14.4 Å². The van der Waals surface area contributed by atoms with E-state index in [0.29, 0.717) is 21.7 Å². The Hall–Kier alpha value is -2.86. The Morgan fingerprint density at radius 3 is 1.85 bits per heavy atom. The van der Waals surface area contributed by atoms with Gasteiger partial charge in [0.2, 0.25) is 0 Å². The lowest BCUT2D eigenvalue weighted by Gasteiger charge is -2.35. The number of esters is 1. The van der Waals surface area contributed by atoms with E-state index < -0.39 is 23.3 Å². The average molecular weight is 389 g/mol. The number of amides is 2. The van der Waals surface area contributed by atoms with Crippen LogP contribution < -0.4 is 5.43 Å². The normalized spacial score (nSPS) is 10.9. The predicted molar refractivity (Wildman–Crippen MR) is 103 cm³/mol. The second kappa shape index (κ2) is 8.22. The molecule has 2 rings (SSSR count). The van der Waals surface area contributed by atoms with Crippen molar-refractivity contribution < 1.29 is 19.1 Å². The molecule has 142 valence electrons. The number of rotatable bonds is 3. The first-order valence-corrected chi connectivity index (χ1v) is 8.61. The van der Waals surface area contributed by atoms with E-state index in [4.69, 9.17) is 11.6 Å². The Bertz CT molecular complexity index is 840. The smallest absolute Gasteiger partial charge is 0.337 e. The molecule has 1 N–H and O–H groups in total. The summed E-state index contributed by atoms with van der Waals surface area (Å²) in [4.78, 5) is 37.0. The molecule has 2 aromatic rings. The quantitative estimate of drug-likeness (QED) is 0.642. The van der Waals surface area contributed by atoms with Crippen molar-refractivity contribution in [1.82, 2.24) is 10.4 Å². The van der Waals surface area contributed by atoms with Crippen molar-refractivity contribution in [2.75, 3.05) is 7.11 Å². The third-order valence-corrected chi connectivity index (χ3v) is 4.00. The lowest BCUT2D eigenvalue weighted by atomic mass is 10.1. The van der Waals surface area contributed by atoms with Crippen LogP contribution in [-0.4, -0.2) is 35.4 Å². The first-order chi connectivity index (χ1) is 12.6. The molecule has 0 bridgehead atoms. The summed E-state index contributed by atoms with van der Waals surface area (Å²) in [7, 11) is 1.29. The maximum atomic E-state index is 12.9. The van der Waals surface area contributed by atoms with Crippen molar-refractivity contribution in [1.29, 1.82) is 0 Å². The molecule has 0 unspecified atom stereocenters. The molecule has 0 aliphatic heterocycles. The van der Waals surface area contributed by atoms with Gasteiger partial charge < -0.3 is 4.74 Å². The fraction of sp³-hybridized carbons (Fsp3) is 0.250. The molecule has 0 radical (unpaired) electrons. The van der Waals surface area contributed by atoms with E-state index in [1.165, 1.54) is 36.4 Å². The lowest BCUT2D eigenvalue weighted by molar-refractivity contribution is 0.0358. The maximum absolute atomic E-state index is 12.9. The Kier molecular flexibility index (Phi) is 6.23. The van der Waals surface area contributed by atoms with Crippen LogP contribution in [0.2, 0.25) is 5.02 Å². The van der Waals surface area contributed by atoms with E-state index in [1.807, 2.05) is 0 Å². The largest absolute Gasteiger partial charge is 0.465 e. The maximum Gasteiger partial charge on any atom is 0.337 e. The number of carbonyl (C=O) groups excluding carboxylic acids is 3. The minimum Gasteiger partial charge on any atom is -0.465 e. The Morgan fingerprint density at radius 1 is 0.889 bits per heavy atom. The molecule has 0 aromatic heterocycles. The van der Waals surface area contributed by atoms with Crippen LogP contribution in [0.15, 0.2) is 48.5 Å². The number of nitrogens with zero attached hydrogens (tertiary/aromatic N) is 1. The summed E-state index contributed by atoms with van der Waals surface area (Å²) in [5.74, 6) is -1.32. The van der Waals surface area contributed by atoms with E-state index in [2.05, 4.69) is 10.2 Å². The second-order valence-corrected chi connectivity index (χ2v) is 7.26. The van der Waals surface area contributed by atoms with Gasteiger partial charge in [-0.2, -0.15) is 0 Å². The summed E-state index contributed by atoms with van der Waals surface area (Å²) in [6, 6.07) is 12.4. The topological polar surface area (TPSA) is 75.7 Å². The molecule has 7 heteroatoms. The number of hydrogen-bond donors (Lipinski definition) is 1. The third kappa shape index (κ3) is 5.08. The van der Waals surface area contributed by atoms with E-state index >= 15 is 0 Å². The van der Waals surface area contributed by atoms with Gasteiger partial charge in [-0.1, -0.05) is 11.6 Å². The number of carbonyl (C=O) groups is 3. The summed E-state index contributed by atoms with van der Waals surface area (Å²) in [5, 5.41) is 1.78. The van der Waals surface area contributed by atoms with Gasteiger partial charge in [0.15, 0.2) is 0 Å². The number of ether oxygens (including phenoxy) is 1. The van der Waals surface area contributed by atoms with Crippen LogP contribution in [-0.2, 0) is 4.74 Å². The minimum absolute atomic E-state index is 0.328. The zero-order chi connectivity index (χ0) is 20.2. The van der Waals surface area contributed by atoms with Crippen LogP contribution in [0.3, 0.4) is 0 Å². The van der Waals surface area contributed by atoms with Gasteiger partial charge >= 0.3 is 5.97 Å². The average Bonchev–Trinajstić information content (AvgIpc) is 2.64. The van der Waals surface area contributed by atoms with Crippen molar-refractivity contribution in [3.05, 3.63) is 70.2 Å². The van der Waals surface area contributed by atoms with Gasteiger partial charge in [0.1, 0.15) is 0 Å². The monoisotopic (exact) mass is 388 g/mol. The van der Waals surface area contributed by atoms with Gasteiger partial charge in [-0.05, 0) is 69.3 Å². The number of methoxy groups -OCH3 is 1. The van der Waals surface area contributed by atoms with Gasteiger partial charge in [-0.3, -0.25) is 15.0 Å². The van der Waals surface area contributed by atoms with E-state index in [0.717, 1.165) is 0 Å². The number of nitrogens with one attached hydrogen (secondary N) is 1. The van der Waals surface area contributed by atoms with Crippen molar-refractivity contribution in [3.8, 4) is 0 Å². The Balaban J connectivity index is 2.25. The molecular weight excluding hydrogens is 368 g/mol. The van der Waals surface area contributed by atoms with Crippen molar-refractivity contribution >= 4 is 29.4 Å². The molecule has 0 fully saturated rings. The van der Waals surface area contributed by atoms with Gasteiger partial charge in [-0.15, -0.1) is 0 Å². The van der Waals surface area contributed by atoms with Crippen LogP contribution in [0.25, 0.3) is 0 Å². The molecule has 0 aliphatic carbocycles. The first kappa shape index (κ1) is 20.5. The summed E-state index contributed by atoms with van der Waals surface area (Å²) in [6.45, 7) is 5.40. The summed E-state index contributed by atoms with van der Waals surface area (Å²) >= 11 is 5.84. The van der Waals surface area contributed by atoms with Crippen LogP contribution in [0.4, 0.5) is 0 Å². The minimum atomic E-state index is -0.680. The zero-order valence-corrected chi connectivity index (χ0v) is 16.3. The highest BCUT2D eigenvalue weighted by molar-refractivity contribution is 6.30.